The molecule has 0 fully saturated rings. The largest absolute Gasteiger partial charge is 0.346 e. The van der Waals surface area contributed by atoms with E-state index in [-0.39, 0.29) is 4.87 Å². The summed E-state index contributed by atoms with van der Waals surface area (Å²) in [6.07, 6.45) is 0. The minimum absolute atomic E-state index is 0.186. The SMILES string of the molecule is O=c1nc2scnn2s1. The highest BCUT2D eigenvalue weighted by molar-refractivity contribution is 7.16. The van der Waals surface area contributed by atoms with Crippen LogP contribution in [0.3, 0.4) is 0 Å². The van der Waals surface area contributed by atoms with Gasteiger partial charge in [0.1, 0.15) is 5.51 Å². The fraction of sp³-hybridized carbons (Fsp3) is 0. The molecule has 0 atom stereocenters. The first-order valence-corrected chi connectivity index (χ1v) is 3.81. The minimum Gasteiger partial charge on any atom is -0.253 e. The van der Waals surface area contributed by atoms with E-state index in [2.05, 4.69) is 10.1 Å². The van der Waals surface area contributed by atoms with Gasteiger partial charge < -0.3 is 0 Å². The Morgan fingerprint density at radius 2 is 2.56 bits per heavy atom. The van der Waals surface area contributed by atoms with Crippen LogP contribution in [0.25, 0.3) is 4.96 Å². The summed E-state index contributed by atoms with van der Waals surface area (Å²) in [6, 6.07) is 0. The van der Waals surface area contributed by atoms with E-state index in [1.807, 2.05) is 0 Å². The molecule has 0 unspecified atom stereocenters. The van der Waals surface area contributed by atoms with Crippen LogP contribution < -0.4 is 4.87 Å². The molecule has 0 radical (unpaired) electrons. The van der Waals surface area contributed by atoms with E-state index in [1.165, 1.54) is 15.2 Å². The molecule has 46 valence electrons. The van der Waals surface area contributed by atoms with Crippen molar-refractivity contribution in [3.63, 3.8) is 0 Å². The molecule has 2 aromatic rings. The van der Waals surface area contributed by atoms with Crippen molar-refractivity contribution in [2.45, 2.75) is 0 Å². The molecule has 0 spiro atoms. The smallest absolute Gasteiger partial charge is 0.253 e. The third-order valence-electron chi connectivity index (χ3n) is 0.825. The summed E-state index contributed by atoms with van der Waals surface area (Å²) in [5, 5.41) is 3.83. The van der Waals surface area contributed by atoms with Crippen LogP contribution in [0.15, 0.2) is 10.3 Å². The lowest BCUT2D eigenvalue weighted by molar-refractivity contribution is 1.06. The van der Waals surface area contributed by atoms with Gasteiger partial charge in [-0.05, 0) is 0 Å². The topological polar surface area (TPSA) is 47.3 Å². The third kappa shape index (κ3) is 0.672. The average Bonchev–Trinajstić information content (AvgIpc) is 2.22. The molecule has 0 amide bonds. The van der Waals surface area contributed by atoms with Crippen molar-refractivity contribution in [2.24, 2.45) is 0 Å². The number of aromatic nitrogens is 3. The standard InChI is InChI=1S/C3HN3OS2/c7-3-5-2-6(9-3)4-1-8-2/h1H. The maximum absolute atomic E-state index is 10.5. The Balaban J connectivity index is 3.08. The van der Waals surface area contributed by atoms with E-state index in [0.29, 0.717) is 4.96 Å². The van der Waals surface area contributed by atoms with Crippen molar-refractivity contribution in [1.29, 1.82) is 0 Å². The van der Waals surface area contributed by atoms with Gasteiger partial charge in [0.2, 0.25) is 4.96 Å². The Kier molecular flexibility index (Phi) is 0.908. The zero-order chi connectivity index (χ0) is 6.27. The summed E-state index contributed by atoms with van der Waals surface area (Å²) < 4.78 is 1.51. The van der Waals surface area contributed by atoms with Crippen molar-refractivity contribution in [2.75, 3.05) is 0 Å². The summed E-state index contributed by atoms with van der Waals surface area (Å²) in [6.45, 7) is 0. The molecule has 0 aliphatic carbocycles. The van der Waals surface area contributed by atoms with E-state index in [1.54, 1.807) is 5.51 Å². The van der Waals surface area contributed by atoms with Crippen LogP contribution >= 0.6 is 22.9 Å². The molecule has 0 saturated heterocycles. The highest BCUT2D eigenvalue weighted by atomic mass is 32.1. The second-order valence-electron chi connectivity index (χ2n) is 1.36. The summed E-state index contributed by atoms with van der Waals surface area (Å²) in [5.41, 5.74) is 1.65. The van der Waals surface area contributed by atoms with Crippen LogP contribution in [0.4, 0.5) is 0 Å². The summed E-state index contributed by atoms with van der Waals surface area (Å²) in [5.74, 6) is 0. The molecule has 9 heavy (non-hydrogen) atoms. The lowest BCUT2D eigenvalue weighted by Gasteiger charge is -1.66. The monoisotopic (exact) mass is 159 g/mol. The Labute approximate surface area is 57.6 Å². The normalized spacial score (nSPS) is 10.7. The summed E-state index contributed by atoms with van der Waals surface area (Å²) >= 11 is 2.37. The fourth-order valence-electron chi connectivity index (χ4n) is 0.512. The van der Waals surface area contributed by atoms with Gasteiger partial charge >= 0.3 is 4.87 Å². The van der Waals surface area contributed by atoms with Crippen molar-refractivity contribution in [1.82, 2.24) is 14.0 Å². The van der Waals surface area contributed by atoms with Crippen molar-refractivity contribution >= 4 is 27.8 Å². The minimum atomic E-state index is -0.186. The first kappa shape index (κ1) is 5.07. The van der Waals surface area contributed by atoms with Gasteiger partial charge in [-0.25, -0.2) is 0 Å². The summed E-state index contributed by atoms with van der Waals surface area (Å²) in [7, 11) is 0. The van der Waals surface area contributed by atoms with E-state index >= 15 is 0 Å². The maximum atomic E-state index is 10.5. The number of hydrogen-bond donors (Lipinski definition) is 0. The van der Waals surface area contributed by atoms with Crippen LogP contribution in [0.1, 0.15) is 0 Å². The molecule has 0 aliphatic rings. The third-order valence-corrected chi connectivity index (χ3v) is 2.30. The van der Waals surface area contributed by atoms with E-state index < -0.39 is 0 Å². The first-order valence-electron chi connectivity index (χ1n) is 2.16. The molecular formula is C3HN3OS2. The van der Waals surface area contributed by atoms with Crippen LogP contribution in [-0.4, -0.2) is 14.0 Å². The molecule has 0 saturated carbocycles. The fourth-order valence-corrected chi connectivity index (χ4v) is 1.87. The number of fused-ring (bicyclic) bond motifs is 1. The molecule has 4 nitrogen and oxygen atoms in total. The van der Waals surface area contributed by atoms with E-state index in [0.717, 1.165) is 11.5 Å². The van der Waals surface area contributed by atoms with Crippen molar-refractivity contribution < 1.29 is 0 Å². The number of nitrogens with zero attached hydrogens (tertiary/aromatic N) is 3. The van der Waals surface area contributed by atoms with Crippen LogP contribution in [0, 0.1) is 0 Å². The average molecular weight is 159 g/mol. The lowest BCUT2D eigenvalue weighted by atomic mass is 11.3. The molecular weight excluding hydrogens is 158 g/mol. The zero-order valence-electron chi connectivity index (χ0n) is 4.14. The molecule has 2 aromatic heterocycles. The Hall–Kier alpha value is -0.750. The van der Waals surface area contributed by atoms with E-state index in [9.17, 15) is 4.79 Å². The van der Waals surface area contributed by atoms with Gasteiger partial charge in [-0.3, -0.25) is 4.79 Å². The van der Waals surface area contributed by atoms with Crippen LogP contribution in [0.5, 0.6) is 0 Å². The second kappa shape index (κ2) is 1.61. The van der Waals surface area contributed by atoms with Gasteiger partial charge in [-0.1, -0.05) is 11.3 Å². The van der Waals surface area contributed by atoms with Gasteiger partial charge in [0.05, 0.1) is 0 Å². The van der Waals surface area contributed by atoms with Crippen LogP contribution in [0.2, 0.25) is 0 Å². The predicted octanol–water partition coefficient (Wildman–Crippen LogP) is 0.213. The number of hydrogen-bond acceptors (Lipinski definition) is 5. The number of rotatable bonds is 0. The van der Waals surface area contributed by atoms with Gasteiger partial charge in [0.25, 0.3) is 0 Å². The van der Waals surface area contributed by atoms with Crippen molar-refractivity contribution in [3.8, 4) is 0 Å². The van der Waals surface area contributed by atoms with Gasteiger partial charge in [0, 0.05) is 11.5 Å². The highest BCUT2D eigenvalue weighted by Gasteiger charge is 1.97. The second-order valence-corrected chi connectivity index (χ2v) is 3.05. The van der Waals surface area contributed by atoms with Gasteiger partial charge in [0.15, 0.2) is 0 Å². The maximum Gasteiger partial charge on any atom is 0.346 e. The Morgan fingerprint density at radius 3 is 3.33 bits per heavy atom. The molecule has 0 bridgehead atoms. The Morgan fingerprint density at radius 1 is 1.67 bits per heavy atom. The van der Waals surface area contributed by atoms with Gasteiger partial charge in [-0.15, -0.1) is 0 Å². The summed E-state index contributed by atoms with van der Waals surface area (Å²) in [4.78, 5) is 14.6. The molecule has 0 N–H and O–H groups in total. The van der Waals surface area contributed by atoms with Gasteiger partial charge in [-0.2, -0.15) is 14.0 Å². The molecule has 2 heterocycles. The highest BCUT2D eigenvalue weighted by Crippen LogP contribution is 2.03. The Bertz CT molecular complexity index is 340. The van der Waals surface area contributed by atoms with Crippen LogP contribution in [-0.2, 0) is 0 Å². The zero-order valence-corrected chi connectivity index (χ0v) is 5.78. The molecule has 6 heteroatoms. The quantitative estimate of drug-likeness (QED) is 0.552. The molecule has 0 aromatic carbocycles. The lowest BCUT2D eigenvalue weighted by Crippen LogP contribution is -1.89. The van der Waals surface area contributed by atoms with E-state index in [4.69, 9.17) is 0 Å². The predicted molar refractivity (Wildman–Crippen MR) is 35.0 cm³/mol. The molecule has 0 aliphatic heterocycles. The first-order chi connectivity index (χ1) is 4.36. The van der Waals surface area contributed by atoms with Crippen molar-refractivity contribution in [3.05, 3.63) is 15.2 Å². The molecule has 2 rings (SSSR count).